The summed E-state index contributed by atoms with van der Waals surface area (Å²) in [5.74, 6) is -0.259. The standard InChI is InChI=1S/C19H23NO5.ClH/c1-12-3-6-18(13(2)9-12)24-7-8-25-19(23)15(20)10-14-4-5-16(21)17(22)11-14;/h3-6,9,11,15,21-22H,7-8,10,20H2,1-2H3;1H/t15-;/m0./s1. The lowest BCUT2D eigenvalue weighted by molar-refractivity contribution is -0.145. The third-order valence-corrected chi connectivity index (χ3v) is 3.71. The fourth-order valence-electron chi connectivity index (χ4n) is 2.40. The number of carbonyl (C=O) groups is 1. The fraction of sp³-hybridized carbons (Fsp3) is 0.316. The number of halogens is 1. The molecule has 0 aromatic heterocycles. The van der Waals surface area contributed by atoms with Crippen LogP contribution in [0, 0.1) is 13.8 Å². The molecule has 0 radical (unpaired) electrons. The third kappa shape index (κ3) is 6.13. The zero-order chi connectivity index (χ0) is 18.4. The third-order valence-electron chi connectivity index (χ3n) is 3.71. The van der Waals surface area contributed by atoms with E-state index in [0.717, 1.165) is 16.9 Å². The molecule has 2 aromatic carbocycles. The number of nitrogens with two attached hydrogens (primary N) is 1. The summed E-state index contributed by atoms with van der Waals surface area (Å²) in [5, 5.41) is 18.7. The van der Waals surface area contributed by atoms with Gasteiger partial charge in [-0.1, -0.05) is 23.8 Å². The maximum Gasteiger partial charge on any atom is 0.323 e. The predicted octanol–water partition coefficient (Wildman–Crippen LogP) is 2.63. The lowest BCUT2D eigenvalue weighted by Crippen LogP contribution is -2.35. The molecule has 2 aromatic rings. The number of hydrogen-bond donors (Lipinski definition) is 3. The van der Waals surface area contributed by atoms with Crippen LogP contribution in [-0.2, 0) is 16.0 Å². The summed E-state index contributed by atoms with van der Waals surface area (Å²) in [4.78, 5) is 11.9. The van der Waals surface area contributed by atoms with E-state index >= 15 is 0 Å². The molecule has 2 rings (SSSR count). The van der Waals surface area contributed by atoms with Crippen molar-refractivity contribution >= 4 is 18.4 Å². The van der Waals surface area contributed by atoms with Crippen LogP contribution >= 0.6 is 12.4 Å². The number of phenolic OH excluding ortho intramolecular Hbond substituents is 2. The normalized spacial score (nSPS) is 11.3. The van der Waals surface area contributed by atoms with E-state index in [4.69, 9.17) is 15.2 Å². The fourth-order valence-corrected chi connectivity index (χ4v) is 2.40. The van der Waals surface area contributed by atoms with Crippen molar-refractivity contribution in [2.24, 2.45) is 5.73 Å². The Balaban J connectivity index is 0.00000338. The van der Waals surface area contributed by atoms with Gasteiger partial charge in [-0.25, -0.2) is 0 Å². The number of carbonyl (C=O) groups excluding carboxylic acids is 1. The molecule has 142 valence electrons. The monoisotopic (exact) mass is 381 g/mol. The Morgan fingerprint density at radius 2 is 1.81 bits per heavy atom. The van der Waals surface area contributed by atoms with Gasteiger partial charge in [0.25, 0.3) is 0 Å². The van der Waals surface area contributed by atoms with E-state index in [1.54, 1.807) is 6.07 Å². The van der Waals surface area contributed by atoms with Crippen molar-refractivity contribution in [1.82, 2.24) is 0 Å². The van der Waals surface area contributed by atoms with E-state index in [1.165, 1.54) is 12.1 Å². The Morgan fingerprint density at radius 1 is 1.08 bits per heavy atom. The van der Waals surface area contributed by atoms with Crippen LogP contribution in [0.4, 0.5) is 0 Å². The average Bonchev–Trinajstić information content (AvgIpc) is 2.56. The summed E-state index contributed by atoms with van der Waals surface area (Å²) >= 11 is 0. The summed E-state index contributed by atoms with van der Waals surface area (Å²) < 4.78 is 10.7. The number of esters is 1. The molecule has 26 heavy (non-hydrogen) atoms. The van der Waals surface area contributed by atoms with Crippen LogP contribution in [0.3, 0.4) is 0 Å². The van der Waals surface area contributed by atoms with Crippen LogP contribution in [0.25, 0.3) is 0 Å². The molecule has 0 aliphatic carbocycles. The molecule has 1 atom stereocenters. The van der Waals surface area contributed by atoms with Gasteiger partial charge in [-0.3, -0.25) is 4.79 Å². The molecular weight excluding hydrogens is 358 g/mol. The molecule has 0 saturated heterocycles. The molecular formula is C19H24ClNO5. The van der Waals surface area contributed by atoms with E-state index in [0.29, 0.717) is 5.56 Å². The van der Waals surface area contributed by atoms with E-state index in [9.17, 15) is 15.0 Å². The van der Waals surface area contributed by atoms with Crippen molar-refractivity contribution in [2.45, 2.75) is 26.3 Å². The van der Waals surface area contributed by atoms with Gasteiger partial charge in [0, 0.05) is 0 Å². The number of rotatable bonds is 7. The zero-order valence-corrected chi connectivity index (χ0v) is 15.6. The lowest BCUT2D eigenvalue weighted by Gasteiger charge is -2.13. The first kappa shape index (κ1) is 21.6. The molecule has 0 bridgehead atoms. The molecule has 0 spiro atoms. The first-order valence-corrected chi connectivity index (χ1v) is 8.00. The van der Waals surface area contributed by atoms with Crippen molar-refractivity contribution in [3.05, 3.63) is 53.1 Å². The summed E-state index contributed by atoms with van der Waals surface area (Å²) in [7, 11) is 0. The SMILES string of the molecule is Cc1ccc(OCCOC(=O)[C@@H](N)Cc2ccc(O)c(O)c2)c(C)c1.Cl. The highest BCUT2D eigenvalue weighted by molar-refractivity contribution is 5.85. The number of hydrogen-bond acceptors (Lipinski definition) is 6. The Bertz CT molecular complexity index is 751. The highest BCUT2D eigenvalue weighted by Gasteiger charge is 2.16. The molecule has 7 heteroatoms. The smallest absolute Gasteiger partial charge is 0.323 e. The van der Waals surface area contributed by atoms with Gasteiger partial charge in [0.2, 0.25) is 0 Å². The van der Waals surface area contributed by atoms with Crippen molar-refractivity contribution < 1.29 is 24.5 Å². The van der Waals surface area contributed by atoms with Gasteiger partial charge >= 0.3 is 5.97 Å². The number of aromatic hydroxyl groups is 2. The van der Waals surface area contributed by atoms with Crippen LogP contribution in [0.1, 0.15) is 16.7 Å². The molecule has 0 fully saturated rings. The second-order valence-electron chi connectivity index (χ2n) is 5.92. The Morgan fingerprint density at radius 3 is 2.46 bits per heavy atom. The van der Waals surface area contributed by atoms with Crippen molar-refractivity contribution in [3.63, 3.8) is 0 Å². The number of ether oxygens (including phenoxy) is 2. The first-order valence-electron chi connectivity index (χ1n) is 8.00. The molecule has 0 aliphatic rings. The minimum atomic E-state index is -0.856. The van der Waals surface area contributed by atoms with Gasteiger partial charge in [0.05, 0.1) is 0 Å². The first-order chi connectivity index (χ1) is 11.9. The molecule has 0 amide bonds. The van der Waals surface area contributed by atoms with Crippen molar-refractivity contribution in [2.75, 3.05) is 13.2 Å². The van der Waals surface area contributed by atoms with Crippen LogP contribution < -0.4 is 10.5 Å². The maximum absolute atomic E-state index is 11.9. The van der Waals surface area contributed by atoms with Gasteiger partial charge in [0.1, 0.15) is 25.0 Å². The summed E-state index contributed by atoms with van der Waals surface area (Å²) in [5.41, 5.74) is 8.62. The molecule has 0 heterocycles. The van der Waals surface area contributed by atoms with Gasteiger partial charge in [-0.05, 0) is 49.6 Å². The lowest BCUT2D eigenvalue weighted by atomic mass is 10.1. The van der Waals surface area contributed by atoms with Crippen molar-refractivity contribution in [3.8, 4) is 17.2 Å². The van der Waals surface area contributed by atoms with Crippen LogP contribution in [-0.4, -0.2) is 35.4 Å². The van der Waals surface area contributed by atoms with Crippen molar-refractivity contribution in [1.29, 1.82) is 0 Å². The second-order valence-corrected chi connectivity index (χ2v) is 5.92. The highest BCUT2D eigenvalue weighted by atomic mass is 35.5. The summed E-state index contributed by atoms with van der Waals surface area (Å²) in [6.45, 7) is 4.30. The molecule has 0 unspecified atom stereocenters. The van der Waals surface area contributed by atoms with Crippen LogP contribution in [0.2, 0.25) is 0 Å². The van der Waals surface area contributed by atoms with Gasteiger partial charge in [-0.2, -0.15) is 0 Å². The van der Waals surface area contributed by atoms with E-state index < -0.39 is 12.0 Å². The Hall–Kier alpha value is -2.44. The minimum Gasteiger partial charge on any atom is -0.504 e. The summed E-state index contributed by atoms with van der Waals surface area (Å²) in [6, 6.07) is 9.31. The Labute approximate surface area is 159 Å². The van der Waals surface area contributed by atoms with E-state index in [-0.39, 0.29) is 43.5 Å². The second kappa shape index (κ2) is 9.89. The highest BCUT2D eigenvalue weighted by Crippen LogP contribution is 2.25. The molecule has 6 nitrogen and oxygen atoms in total. The number of benzene rings is 2. The molecule has 0 saturated carbocycles. The zero-order valence-electron chi connectivity index (χ0n) is 14.8. The number of phenols is 2. The quantitative estimate of drug-likeness (QED) is 0.387. The topological polar surface area (TPSA) is 102 Å². The maximum atomic E-state index is 11.9. The average molecular weight is 382 g/mol. The molecule has 0 aliphatic heterocycles. The van der Waals surface area contributed by atoms with Gasteiger partial charge in [-0.15, -0.1) is 12.4 Å². The van der Waals surface area contributed by atoms with Gasteiger partial charge < -0.3 is 25.4 Å². The summed E-state index contributed by atoms with van der Waals surface area (Å²) in [6.07, 6.45) is 0.199. The minimum absolute atomic E-state index is 0. The number of aryl methyl sites for hydroxylation is 2. The largest absolute Gasteiger partial charge is 0.504 e. The predicted molar refractivity (Wildman–Crippen MR) is 101 cm³/mol. The Kier molecular flexibility index (Phi) is 8.22. The van der Waals surface area contributed by atoms with E-state index in [1.807, 2.05) is 32.0 Å². The molecule has 4 N–H and O–H groups in total. The van der Waals surface area contributed by atoms with Crippen LogP contribution in [0.5, 0.6) is 17.2 Å². The van der Waals surface area contributed by atoms with Gasteiger partial charge in [0.15, 0.2) is 11.5 Å². The van der Waals surface area contributed by atoms with E-state index in [2.05, 4.69) is 0 Å². The van der Waals surface area contributed by atoms with Crippen LogP contribution in [0.15, 0.2) is 36.4 Å².